The number of amides is 1. The fourth-order valence-electron chi connectivity index (χ4n) is 2.53. The van der Waals surface area contributed by atoms with E-state index in [0.29, 0.717) is 11.6 Å². The molecule has 1 aliphatic rings. The van der Waals surface area contributed by atoms with E-state index >= 15 is 0 Å². The van der Waals surface area contributed by atoms with Gasteiger partial charge in [-0.15, -0.1) is 0 Å². The van der Waals surface area contributed by atoms with Crippen molar-refractivity contribution in [2.24, 2.45) is 0 Å². The minimum Gasteiger partial charge on any atom is -0.491 e. The van der Waals surface area contributed by atoms with Crippen molar-refractivity contribution in [3.8, 4) is 5.75 Å². The molecule has 1 aliphatic heterocycles. The highest BCUT2D eigenvalue weighted by atomic mass is 16.5. The number of rotatable bonds is 5. The Bertz CT molecular complexity index is 458. The standard InChI is InChI=1S/C17H26N2O2/c1-4-13(3)21-16-7-5-14(6-8-16)17(20)19-15-9-10-18-12(2)11-15/h5-8,12-13,15,18H,4,9-11H2,1-3H3,(H,19,20). The van der Waals surface area contributed by atoms with Crippen LogP contribution in [0.5, 0.6) is 5.75 Å². The van der Waals surface area contributed by atoms with E-state index in [0.717, 1.165) is 31.6 Å². The van der Waals surface area contributed by atoms with E-state index in [1.54, 1.807) is 0 Å². The Balaban J connectivity index is 1.90. The lowest BCUT2D eigenvalue weighted by atomic mass is 10.0. The van der Waals surface area contributed by atoms with Gasteiger partial charge >= 0.3 is 0 Å². The average molecular weight is 290 g/mol. The van der Waals surface area contributed by atoms with Crippen molar-refractivity contribution in [2.45, 2.75) is 58.2 Å². The average Bonchev–Trinajstić information content (AvgIpc) is 2.47. The van der Waals surface area contributed by atoms with Crippen LogP contribution >= 0.6 is 0 Å². The molecular weight excluding hydrogens is 264 g/mol. The maximum Gasteiger partial charge on any atom is 0.251 e. The van der Waals surface area contributed by atoms with E-state index < -0.39 is 0 Å². The number of piperidine rings is 1. The number of benzene rings is 1. The molecule has 116 valence electrons. The molecule has 1 aromatic carbocycles. The van der Waals surface area contributed by atoms with Crippen LogP contribution in [0.2, 0.25) is 0 Å². The summed E-state index contributed by atoms with van der Waals surface area (Å²) in [6.07, 6.45) is 3.14. The Morgan fingerprint density at radius 3 is 2.76 bits per heavy atom. The van der Waals surface area contributed by atoms with Gasteiger partial charge in [0.2, 0.25) is 0 Å². The minimum atomic E-state index is 0.00388. The third-order valence-electron chi connectivity index (χ3n) is 3.99. The number of ether oxygens (including phenoxy) is 1. The summed E-state index contributed by atoms with van der Waals surface area (Å²) >= 11 is 0. The minimum absolute atomic E-state index is 0.00388. The molecule has 1 aromatic rings. The molecule has 0 aromatic heterocycles. The van der Waals surface area contributed by atoms with Crippen molar-refractivity contribution in [2.75, 3.05) is 6.54 Å². The van der Waals surface area contributed by atoms with Crippen molar-refractivity contribution in [3.05, 3.63) is 29.8 Å². The molecule has 0 spiro atoms. The highest BCUT2D eigenvalue weighted by Crippen LogP contribution is 2.16. The summed E-state index contributed by atoms with van der Waals surface area (Å²) < 4.78 is 5.72. The highest BCUT2D eigenvalue weighted by molar-refractivity contribution is 5.94. The van der Waals surface area contributed by atoms with E-state index in [1.165, 1.54) is 0 Å². The molecule has 0 aliphatic carbocycles. The molecule has 1 amide bonds. The van der Waals surface area contributed by atoms with Gasteiger partial charge in [0.15, 0.2) is 0 Å². The monoisotopic (exact) mass is 290 g/mol. The van der Waals surface area contributed by atoms with Crippen molar-refractivity contribution < 1.29 is 9.53 Å². The molecule has 1 saturated heterocycles. The van der Waals surface area contributed by atoms with Gasteiger partial charge in [0.25, 0.3) is 5.91 Å². The first kappa shape index (κ1) is 15.8. The van der Waals surface area contributed by atoms with E-state index in [-0.39, 0.29) is 18.1 Å². The molecule has 4 heteroatoms. The first-order chi connectivity index (χ1) is 10.1. The van der Waals surface area contributed by atoms with Crippen LogP contribution in [0.3, 0.4) is 0 Å². The third-order valence-corrected chi connectivity index (χ3v) is 3.99. The summed E-state index contributed by atoms with van der Waals surface area (Å²) in [7, 11) is 0. The second-order valence-electron chi connectivity index (χ2n) is 5.91. The molecule has 2 N–H and O–H groups in total. The zero-order chi connectivity index (χ0) is 15.2. The van der Waals surface area contributed by atoms with E-state index in [1.807, 2.05) is 31.2 Å². The van der Waals surface area contributed by atoms with Gasteiger partial charge in [-0.25, -0.2) is 0 Å². The van der Waals surface area contributed by atoms with Gasteiger partial charge in [0.1, 0.15) is 5.75 Å². The number of hydrogen-bond acceptors (Lipinski definition) is 3. The number of nitrogens with one attached hydrogen (secondary N) is 2. The second-order valence-corrected chi connectivity index (χ2v) is 5.91. The van der Waals surface area contributed by atoms with Gasteiger partial charge in [0.05, 0.1) is 6.10 Å². The largest absolute Gasteiger partial charge is 0.491 e. The molecule has 3 unspecified atom stereocenters. The topological polar surface area (TPSA) is 50.4 Å². The molecule has 4 nitrogen and oxygen atoms in total. The zero-order valence-corrected chi connectivity index (χ0v) is 13.2. The van der Waals surface area contributed by atoms with Crippen molar-refractivity contribution in [3.63, 3.8) is 0 Å². The molecule has 2 rings (SSSR count). The molecule has 1 fully saturated rings. The van der Waals surface area contributed by atoms with Crippen LogP contribution < -0.4 is 15.4 Å². The number of carbonyl (C=O) groups excluding carboxylic acids is 1. The lowest BCUT2D eigenvalue weighted by molar-refractivity contribution is 0.0925. The molecule has 0 bridgehead atoms. The summed E-state index contributed by atoms with van der Waals surface area (Å²) in [4.78, 5) is 12.2. The van der Waals surface area contributed by atoms with Crippen molar-refractivity contribution >= 4 is 5.91 Å². The van der Waals surface area contributed by atoms with Gasteiger partial charge in [-0.05, 0) is 63.9 Å². The van der Waals surface area contributed by atoms with E-state index in [2.05, 4.69) is 24.5 Å². The van der Waals surface area contributed by atoms with E-state index in [4.69, 9.17) is 4.74 Å². The molecular formula is C17H26N2O2. The Kier molecular flexibility index (Phi) is 5.62. The number of hydrogen-bond donors (Lipinski definition) is 2. The molecule has 21 heavy (non-hydrogen) atoms. The normalized spacial score (nSPS) is 23.4. The second kappa shape index (κ2) is 7.46. The fourth-order valence-corrected chi connectivity index (χ4v) is 2.53. The molecule has 3 atom stereocenters. The lowest BCUT2D eigenvalue weighted by Crippen LogP contribution is -2.46. The van der Waals surface area contributed by atoms with Crippen LogP contribution in [0.15, 0.2) is 24.3 Å². The maximum absolute atomic E-state index is 12.2. The fraction of sp³-hybridized carbons (Fsp3) is 0.588. The van der Waals surface area contributed by atoms with E-state index in [9.17, 15) is 4.79 Å². The highest BCUT2D eigenvalue weighted by Gasteiger charge is 2.20. The summed E-state index contributed by atoms with van der Waals surface area (Å²) in [5.41, 5.74) is 0.692. The van der Waals surface area contributed by atoms with Gasteiger partial charge in [-0.3, -0.25) is 4.79 Å². The van der Waals surface area contributed by atoms with Crippen LogP contribution in [-0.2, 0) is 0 Å². The van der Waals surface area contributed by atoms with Gasteiger partial charge in [-0.2, -0.15) is 0 Å². The van der Waals surface area contributed by atoms with Crippen molar-refractivity contribution in [1.29, 1.82) is 0 Å². The summed E-state index contributed by atoms with van der Waals surface area (Å²) in [6.45, 7) is 7.25. The number of carbonyl (C=O) groups is 1. The van der Waals surface area contributed by atoms with Gasteiger partial charge in [0, 0.05) is 17.6 Å². The first-order valence-electron chi connectivity index (χ1n) is 7.89. The SMILES string of the molecule is CCC(C)Oc1ccc(C(=O)NC2CCNC(C)C2)cc1. The lowest BCUT2D eigenvalue weighted by Gasteiger charge is -2.28. The predicted molar refractivity (Wildman–Crippen MR) is 84.8 cm³/mol. The van der Waals surface area contributed by atoms with Crippen molar-refractivity contribution in [1.82, 2.24) is 10.6 Å². The van der Waals surface area contributed by atoms with Crippen LogP contribution in [0, 0.1) is 0 Å². The maximum atomic E-state index is 12.2. The molecule has 1 heterocycles. The van der Waals surface area contributed by atoms with Gasteiger partial charge < -0.3 is 15.4 Å². The first-order valence-corrected chi connectivity index (χ1v) is 7.89. The summed E-state index contributed by atoms with van der Waals surface area (Å²) in [6, 6.07) is 8.13. The Hall–Kier alpha value is -1.55. The van der Waals surface area contributed by atoms with Crippen LogP contribution in [-0.4, -0.2) is 30.6 Å². The Morgan fingerprint density at radius 2 is 2.14 bits per heavy atom. The van der Waals surface area contributed by atoms with Gasteiger partial charge in [-0.1, -0.05) is 6.92 Å². The molecule has 0 radical (unpaired) electrons. The quantitative estimate of drug-likeness (QED) is 0.876. The van der Waals surface area contributed by atoms with Crippen LogP contribution in [0.1, 0.15) is 50.4 Å². The van der Waals surface area contributed by atoms with Crippen LogP contribution in [0.25, 0.3) is 0 Å². The third kappa shape index (κ3) is 4.74. The zero-order valence-electron chi connectivity index (χ0n) is 13.2. The Morgan fingerprint density at radius 1 is 1.43 bits per heavy atom. The Labute approximate surface area is 127 Å². The molecule has 0 saturated carbocycles. The predicted octanol–water partition coefficient (Wildman–Crippen LogP) is 2.73. The smallest absolute Gasteiger partial charge is 0.251 e. The van der Waals surface area contributed by atoms with Crippen LogP contribution in [0.4, 0.5) is 0 Å². The summed E-state index contributed by atoms with van der Waals surface area (Å²) in [5.74, 6) is 0.820. The summed E-state index contributed by atoms with van der Waals surface area (Å²) in [5, 5.41) is 6.51.